The molecule has 3 aromatic carbocycles. The quantitative estimate of drug-likeness (QED) is 0.204. The number of nitrogens with one attached hydrogen (secondary N) is 1. The van der Waals surface area contributed by atoms with Crippen LogP contribution in [-0.2, 0) is 0 Å². The molecule has 160 valence electrons. The molecule has 0 bridgehead atoms. The van der Waals surface area contributed by atoms with Gasteiger partial charge in [-0.2, -0.15) is 0 Å². The lowest BCUT2D eigenvalue weighted by atomic mass is 10.0. The summed E-state index contributed by atoms with van der Waals surface area (Å²) in [4.78, 5) is 30.9. The summed E-state index contributed by atoms with van der Waals surface area (Å²) >= 11 is 0. The van der Waals surface area contributed by atoms with Crippen molar-refractivity contribution in [3.05, 3.63) is 94.5 Å². The highest BCUT2D eigenvalue weighted by Gasteiger charge is 2.17. The van der Waals surface area contributed by atoms with Crippen LogP contribution in [0, 0.1) is 10.1 Å². The number of amides is 1. The Hall–Kier alpha value is -4.92. The van der Waals surface area contributed by atoms with Crippen LogP contribution in [-0.4, -0.2) is 25.9 Å². The maximum atomic E-state index is 13.1. The lowest BCUT2D eigenvalue weighted by molar-refractivity contribution is -0.384. The first-order chi connectivity index (χ1) is 16.0. The number of benzene rings is 3. The summed E-state index contributed by atoms with van der Waals surface area (Å²) in [6.45, 7) is 0. The van der Waals surface area contributed by atoms with Crippen molar-refractivity contribution in [1.82, 2.24) is 9.97 Å². The van der Waals surface area contributed by atoms with E-state index in [-0.39, 0.29) is 22.6 Å². The largest absolute Gasteiger partial charge is 0.493 e. The minimum atomic E-state index is -0.634. The molecule has 9 heteroatoms. The van der Waals surface area contributed by atoms with E-state index in [9.17, 15) is 20.0 Å². The fourth-order valence-electron chi connectivity index (χ4n) is 3.62. The summed E-state index contributed by atoms with van der Waals surface area (Å²) in [5.74, 6) is -0.975. The number of rotatable bonds is 4. The molecule has 0 atom stereocenters. The number of pyridine rings is 1. The smallest absolute Gasteiger partial charge is 0.296 e. The Balaban J connectivity index is 1.59. The van der Waals surface area contributed by atoms with E-state index in [0.29, 0.717) is 27.7 Å². The van der Waals surface area contributed by atoms with Gasteiger partial charge in [0.1, 0.15) is 0 Å². The molecule has 2 N–H and O–H groups in total. The lowest BCUT2D eigenvalue weighted by Gasteiger charge is -2.07. The van der Waals surface area contributed by atoms with Crippen LogP contribution in [0.3, 0.4) is 0 Å². The number of hydrogen-bond donors (Lipinski definition) is 2. The van der Waals surface area contributed by atoms with Crippen molar-refractivity contribution in [2.75, 3.05) is 0 Å². The molecule has 0 fully saturated rings. The molecule has 2 aromatic heterocycles. The Morgan fingerprint density at radius 3 is 2.52 bits per heavy atom. The van der Waals surface area contributed by atoms with Crippen molar-refractivity contribution >= 4 is 39.1 Å². The number of H-pyrrole nitrogens is 1. The Morgan fingerprint density at radius 2 is 1.73 bits per heavy atom. The number of nitrogens with zero attached hydrogens (tertiary/aromatic N) is 4. The van der Waals surface area contributed by atoms with Crippen molar-refractivity contribution < 1.29 is 14.8 Å². The van der Waals surface area contributed by atoms with Gasteiger partial charge in [-0.3, -0.25) is 14.9 Å². The van der Waals surface area contributed by atoms with Gasteiger partial charge >= 0.3 is 0 Å². The fraction of sp³-hybridized carbons (Fsp3) is 0. The van der Waals surface area contributed by atoms with Crippen molar-refractivity contribution in [3.8, 4) is 17.1 Å². The predicted octanol–water partition coefficient (Wildman–Crippen LogP) is 5.92. The summed E-state index contributed by atoms with van der Waals surface area (Å²) in [6, 6.07) is 22.3. The Labute approximate surface area is 186 Å². The molecule has 1 amide bonds. The van der Waals surface area contributed by atoms with Gasteiger partial charge in [0.05, 0.1) is 27.2 Å². The first kappa shape index (κ1) is 20.0. The molecule has 0 aliphatic heterocycles. The Bertz CT molecular complexity index is 1570. The van der Waals surface area contributed by atoms with E-state index in [1.165, 1.54) is 18.2 Å². The van der Waals surface area contributed by atoms with E-state index in [0.717, 1.165) is 5.56 Å². The molecule has 2 heterocycles. The Kier molecular flexibility index (Phi) is 4.83. The number of carbonyl (C=O) groups is 1. The van der Waals surface area contributed by atoms with Gasteiger partial charge in [0, 0.05) is 28.5 Å². The summed E-state index contributed by atoms with van der Waals surface area (Å²) in [7, 11) is 0. The SMILES string of the molecule is O=C(N=Nc1c(O)[nH]c2ccc([N+](=O)[O-])cc12)c1cc(-c2ccccc2)nc2ccccc12. The van der Waals surface area contributed by atoms with E-state index in [2.05, 4.69) is 20.2 Å². The van der Waals surface area contributed by atoms with Gasteiger partial charge in [-0.1, -0.05) is 48.5 Å². The van der Waals surface area contributed by atoms with Crippen LogP contribution < -0.4 is 0 Å². The van der Waals surface area contributed by atoms with Crippen molar-refractivity contribution in [1.29, 1.82) is 0 Å². The number of non-ortho nitro benzene ring substituents is 1. The molecule has 33 heavy (non-hydrogen) atoms. The fourth-order valence-corrected chi connectivity index (χ4v) is 3.62. The van der Waals surface area contributed by atoms with Crippen LogP contribution in [0.5, 0.6) is 5.88 Å². The number of aromatic hydroxyl groups is 1. The van der Waals surface area contributed by atoms with Gasteiger partial charge in [-0.15, -0.1) is 10.2 Å². The molecule has 0 aliphatic carbocycles. The van der Waals surface area contributed by atoms with Gasteiger partial charge in [0.2, 0.25) is 5.88 Å². The van der Waals surface area contributed by atoms with Gasteiger partial charge < -0.3 is 10.1 Å². The summed E-state index contributed by atoms with van der Waals surface area (Å²) < 4.78 is 0. The average molecular weight is 437 g/mol. The lowest BCUT2D eigenvalue weighted by Crippen LogP contribution is -1.98. The number of carbonyl (C=O) groups excluding carboxylic acids is 1. The second kappa shape index (κ2) is 7.97. The van der Waals surface area contributed by atoms with E-state index in [4.69, 9.17) is 0 Å². The van der Waals surface area contributed by atoms with Crippen LogP contribution in [0.4, 0.5) is 11.4 Å². The molecule has 0 saturated carbocycles. The number of nitro benzene ring substituents is 1. The van der Waals surface area contributed by atoms with Gasteiger partial charge in [0.15, 0.2) is 5.69 Å². The number of azo groups is 1. The molecule has 9 nitrogen and oxygen atoms in total. The molecular weight excluding hydrogens is 422 g/mol. The van der Waals surface area contributed by atoms with Crippen molar-refractivity contribution in [2.24, 2.45) is 10.2 Å². The highest BCUT2D eigenvalue weighted by Crippen LogP contribution is 2.37. The van der Waals surface area contributed by atoms with Crippen molar-refractivity contribution in [3.63, 3.8) is 0 Å². The topological polar surface area (TPSA) is 134 Å². The number of fused-ring (bicyclic) bond motifs is 2. The highest BCUT2D eigenvalue weighted by molar-refractivity contribution is 6.07. The minimum Gasteiger partial charge on any atom is -0.493 e. The zero-order valence-electron chi connectivity index (χ0n) is 17.0. The second-order valence-corrected chi connectivity index (χ2v) is 7.25. The van der Waals surface area contributed by atoms with Crippen LogP contribution >= 0.6 is 0 Å². The van der Waals surface area contributed by atoms with Crippen LogP contribution in [0.25, 0.3) is 33.1 Å². The molecule has 0 saturated heterocycles. The Morgan fingerprint density at radius 1 is 0.970 bits per heavy atom. The van der Waals surface area contributed by atoms with E-state index in [1.807, 2.05) is 36.4 Å². The maximum Gasteiger partial charge on any atom is 0.296 e. The molecule has 0 radical (unpaired) electrons. The van der Waals surface area contributed by atoms with Crippen LogP contribution in [0.2, 0.25) is 0 Å². The van der Waals surface area contributed by atoms with E-state index < -0.39 is 10.8 Å². The number of aromatic nitrogens is 2. The standard InChI is InChI=1S/C24H15N5O4/c30-23(28-27-22-18-12-15(29(32)33)10-11-20(18)26-24(22)31)17-13-21(14-6-2-1-3-7-14)25-19-9-5-4-8-16(17)19/h1-13,26,31H. The number of nitro groups is 1. The monoisotopic (exact) mass is 437 g/mol. The van der Waals surface area contributed by atoms with Crippen LogP contribution in [0.1, 0.15) is 10.4 Å². The molecule has 0 aliphatic rings. The molecular formula is C24H15N5O4. The highest BCUT2D eigenvalue weighted by atomic mass is 16.6. The van der Waals surface area contributed by atoms with Gasteiger partial charge in [-0.25, -0.2) is 4.98 Å². The molecule has 0 spiro atoms. The van der Waals surface area contributed by atoms with Crippen LogP contribution in [0.15, 0.2) is 89.1 Å². The maximum absolute atomic E-state index is 13.1. The minimum absolute atomic E-state index is 0.0521. The summed E-state index contributed by atoms with van der Waals surface area (Å²) in [5.41, 5.74) is 2.59. The summed E-state index contributed by atoms with van der Waals surface area (Å²) in [5, 5.41) is 30.0. The third kappa shape index (κ3) is 3.68. The molecule has 5 rings (SSSR count). The third-order valence-corrected chi connectivity index (χ3v) is 5.20. The first-order valence-electron chi connectivity index (χ1n) is 9.91. The van der Waals surface area contributed by atoms with Gasteiger partial charge in [0.25, 0.3) is 11.6 Å². The van der Waals surface area contributed by atoms with Crippen molar-refractivity contribution in [2.45, 2.75) is 0 Å². The number of aromatic amines is 1. The van der Waals surface area contributed by atoms with E-state index in [1.54, 1.807) is 24.3 Å². The normalized spacial score (nSPS) is 11.4. The van der Waals surface area contributed by atoms with Gasteiger partial charge in [-0.05, 0) is 18.2 Å². The third-order valence-electron chi connectivity index (χ3n) is 5.20. The predicted molar refractivity (Wildman–Crippen MR) is 123 cm³/mol. The zero-order valence-corrected chi connectivity index (χ0v) is 17.0. The molecule has 5 aromatic rings. The second-order valence-electron chi connectivity index (χ2n) is 7.25. The zero-order chi connectivity index (χ0) is 22.9. The first-order valence-corrected chi connectivity index (χ1v) is 9.91. The average Bonchev–Trinajstić information content (AvgIpc) is 3.16. The number of para-hydroxylation sites is 1. The summed E-state index contributed by atoms with van der Waals surface area (Å²) in [6.07, 6.45) is 0. The molecule has 0 unspecified atom stereocenters. The number of hydrogen-bond acceptors (Lipinski definition) is 6. The van der Waals surface area contributed by atoms with E-state index >= 15 is 0 Å².